The Hall–Kier alpha value is -3.22. The van der Waals surface area contributed by atoms with Crippen LogP contribution in [0.1, 0.15) is 80.7 Å². The molecule has 2 atom stereocenters. The van der Waals surface area contributed by atoms with Gasteiger partial charge >= 0.3 is 0 Å². The Balaban J connectivity index is 1.70. The fourth-order valence-corrected chi connectivity index (χ4v) is 4.68. The molecule has 1 amide bonds. The van der Waals surface area contributed by atoms with Crippen molar-refractivity contribution >= 4 is 12.0 Å². The van der Waals surface area contributed by atoms with E-state index in [1.807, 2.05) is 79.2 Å². The van der Waals surface area contributed by atoms with Crippen LogP contribution in [0, 0.1) is 0 Å². The number of carbonyl (C=O) groups is 1. The number of carbonyl (C=O) groups excluding carboxylic acids is 1. The average molecular weight is 488 g/mol. The second kappa shape index (κ2) is 11.2. The summed E-state index contributed by atoms with van der Waals surface area (Å²) in [6, 6.07) is 19.8. The van der Waals surface area contributed by atoms with Crippen molar-refractivity contribution < 1.29 is 14.3 Å². The maximum atomic E-state index is 13.4. The Morgan fingerprint density at radius 1 is 1.11 bits per heavy atom. The number of hydrogen-bond acceptors (Lipinski definition) is 4. The first-order chi connectivity index (χ1) is 17.3. The summed E-state index contributed by atoms with van der Waals surface area (Å²) in [4.78, 5) is 13.4. The van der Waals surface area contributed by atoms with Gasteiger partial charge in [-0.1, -0.05) is 75.4 Å². The molecule has 6 nitrogen and oxygen atoms in total. The number of benzene rings is 2. The highest BCUT2D eigenvalue weighted by atomic mass is 16.7. The summed E-state index contributed by atoms with van der Waals surface area (Å²) in [6.07, 6.45) is 5.92. The number of aromatic nitrogens is 2. The van der Waals surface area contributed by atoms with Crippen molar-refractivity contribution in [1.29, 1.82) is 0 Å². The van der Waals surface area contributed by atoms with Crippen LogP contribution < -0.4 is 5.32 Å². The van der Waals surface area contributed by atoms with E-state index in [0.717, 1.165) is 35.3 Å². The monoisotopic (exact) mass is 487 g/mol. The number of hydrogen-bond donors (Lipinski definition) is 1. The SMILES string of the molecule is CC[C@H]1C[C@@H](/C=C/c2c(C(C)C)c(C(=O)NCc3ccccc3)nn2-c2ccccc2)OC(C)(C)O1. The maximum absolute atomic E-state index is 13.4. The number of nitrogens with one attached hydrogen (secondary N) is 1. The van der Waals surface area contributed by atoms with E-state index in [4.69, 9.17) is 14.6 Å². The molecule has 190 valence electrons. The van der Waals surface area contributed by atoms with E-state index in [2.05, 4.69) is 38.2 Å². The third-order valence-electron chi connectivity index (χ3n) is 6.35. The molecule has 2 aromatic carbocycles. The molecule has 36 heavy (non-hydrogen) atoms. The average Bonchev–Trinajstić information content (AvgIpc) is 3.26. The standard InChI is InChI=1S/C30H37N3O3/c1-6-24-19-25(36-30(4,5)35-24)17-18-26-27(21(2)3)28(32-33(26)23-15-11-8-12-16-23)29(34)31-20-22-13-9-7-10-14-22/h7-18,21,24-25H,6,19-20H2,1-5H3,(H,31,34)/b18-17+/t24-,25+/m0/s1. The molecule has 0 unspecified atom stereocenters. The summed E-state index contributed by atoms with van der Waals surface area (Å²) in [5.74, 6) is -0.729. The second-order valence-electron chi connectivity index (χ2n) is 10.0. The van der Waals surface area contributed by atoms with E-state index < -0.39 is 5.79 Å². The molecule has 0 spiro atoms. The lowest BCUT2D eigenvalue weighted by Gasteiger charge is -2.39. The lowest BCUT2D eigenvalue weighted by Crippen LogP contribution is -2.43. The highest BCUT2D eigenvalue weighted by molar-refractivity contribution is 5.95. The van der Waals surface area contributed by atoms with Gasteiger partial charge in [0.05, 0.1) is 23.6 Å². The zero-order valence-corrected chi connectivity index (χ0v) is 21.9. The van der Waals surface area contributed by atoms with Crippen LogP contribution in [-0.4, -0.2) is 33.7 Å². The van der Waals surface area contributed by atoms with E-state index in [-0.39, 0.29) is 24.0 Å². The summed E-state index contributed by atoms with van der Waals surface area (Å²) in [6.45, 7) is 10.7. The van der Waals surface area contributed by atoms with Crippen LogP contribution in [0.3, 0.4) is 0 Å². The van der Waals surface area contributed by atoms with Crippen LogP contribution >= 0.6 is 0 Å². The summed E-state index contributed by atoms with van der Waals surface area (Å²) in [7, 11) is 0. The lowest BCUT2D eigenvalue weighted by molar-refractivity contribution is -0.290. The molecule has 0 saturated carbocycles. The number of nitrogens with zero attached hydrogens (tertiary/aromatic N) is 2. The normalized spacial score (nSPS) is 19.6. The van der Waals surface area contributed by atoms with Crippen molar-refractivity contribution in [1.82, 2.24) is 15.1 Å². The van der Waals surface area contributed by atoms with Crippen LogP contribution in [0.15, 0.2) is 66.7 Å². The first-order valence-corrected chi connectivity index (χ1v) is 12.8. The highest BCUT2D eigenvalue weighted by Gasteiger charge is 2.34. The van der Waals surface area contributed by atoms with Crippen LogP contribution in [0.5, 0.6) is 0 Å². The molecule has 3 aromatic rings. The molecule has 1 aromatic heterocycles. The van der Waals surface area contributed by atoms with Crippen molar-refractivity contribution in [3.8, 4) is 5.69 Å². The van der Waals surface area contributed by atoms with Gasteiger partial charge in [0.25, 0.3) is 5.91 Å². The molecular weight excluding hydrogens is 450 g/mol. The number of para-hydroxylation sites is 1. The van der Waals surface area contributed by atoms with Crippen molar-refractivity contribution in [3.63, 3.8) is 0 Å². The molecule has 4 rings (SSSR count). The van der Waals surface area contributed by atoms with E-state index in [9.17, 15) is 4.79 Å². The van der Waals surface area contributed by atoms with Gasteiger partial charge in [0.1, 0.15) is 0 Å². The van der Waals surface area contributed by atoms with Gasteiger partial charge < -0.3 is 14.8 Å². The molecule has 1 saturated heterocycles. The van der Waals surface area contributed by atoms with Gasteiger partial charge in [-0.2, -0.15) is 5.10 Å². The molecule has 0 bridgehead atoms. The highest BCUT2D eigenvalue weighted by Crippen LogP contribution is 2.31. The van der Waals surface area contributed by atoms with Crippen molar-refractivity contribution in [2.75, 3.05) is 0 Å². The van der Waals surface area contributed by atoms with E-state index in [0.29, 0.717) is 12.2 Å². The van der Waals surface area contributed by atoms with Crippen LogP contribution in [0.25, 0.3) is 11.8 Å². The topological polar surface area (TPSA) is 65.4 Å². The summed E-state index contributed by atoms with van der Waals surface area (Å²) < 4.78 is 14.1. The zero-order chi connectivity index (χ0) is 25.7. The maximum Gasteiger partial charge on any atom is 0.272 e. The lowest BCUT2D eigenvalue weighted by atomic mass is 9.98. The van der Waals surface area contributed by atoms with Gasteiger partial charge in [-0.25, -0.2) is 4.68 Å². The Morgan fingerprint density at radius 2 is 1.78 bits per heavy atom. The van der Waals surface area contributed by atoms with E-state index >= 15 is 0 Å². The van der Waals surface area contributed by atoms with E-state index in [1.165, 1.54) is 0 Å². The van der Waals surface area contributed by atoms with E-state index in [1.54, 1.807) is 0 Å². The van der Waals surface area contributed by atoms with Crippen LogP contribution in [-0.2, 0) is 16.0 Å². The molecule has 0 radical (unpaired) electrons. The van der Waals surface area contributed by atoms with Crippen molar-refractivity contribution in [2.24, 2.45) is 0 Å². The Morgan fingerprint density at radius 3 is 2.42 bits per heavy atom. The summed E-state index contributed by atoms with van der Waals surface area (Å²) >= 11 is 0. The zero-order valence-electron chi connectivity index (χ0n) is 21.9. The predicted molar refractivity (Wildman–Crippen MR) is 143 cm³/mol. The quantitative estimate of drug-likeness (QED) is 0.407. The third kappa shape index (κ3) is 6.12. The van der Waals surface area contributed by atoms with Gasteiger partial charge in [0, 0.05) is 18.5 Å². The second-order valence-corrected chi connectivity index (χ2v) is 10.0. The smallest absolute Gasteiger partial charge is 0.272 e. The van der Waals surface area contributed by atoms with Gasteiger partial charge in [0.15, 0.2) is 11.5 Å². The number of amides is 1. The Bertz CT molecular complexity index is 1180. The molecule has 0 aliphatic carbocycles. The third-order valence-corrected chi connectivity index (χ3v) is 6.35. The number of rotatable bonds is 8. The minimum Gasteiger partial charge on any atom is -0.347 e. The number of ether oxygens (including phenoxy) is 2. The van der Waals surface area contributed by atoms with Crippen LogP contribution in [0.2, 0.25) is 0 Å². The minimum absolute atomic E-state index is 0.0896. The van der Waals surface area contributed by atoms with Gasteiger partial charge in [-0.3, -0.25) is 4.79 Å². The van der Waals surface area contributed by atoms with Gasteiger partial charge in [-0.05, 0) is 50.0 Å². The molecule has 1 aliphatic rings. The van der Waals surface area contributed by atoms with Crippen molar-refractivity contribution in [2.45, 2.75) is 77.9 Å². The van der Waals surface area contributed by atoms with Gasteiger partial charge in [-0.15, -0.1) is 0 Å². The molecule has 1 N–H and O–H groups in total. The molecule has 2 heterocycles. The molecule has 1 fully saturated rings. The van der Waals surface area contributed by atoms with Crippen LogP contribution in [0.4, 0.5) is 0 Å². The predicted octanol–water partition coefficient (Wildman–Crippen LogP) is 6.26. The fraction of sp³-hybridized carbons (Fsp3) is 0.400. The first-order valence-electron chi connectivity index (χ1n) is 12.8. The molecule has 1 aliphatic heterocycles. The summed E-state index contributed by atoms with van der Waals surface area (Å²) in [5, 5.41) is 7.88. The first kappa shape index (κ1) is 25.9. The van der Waals surface area contributed by atoms with Crippen molar-refractivity contribution in [3.05, 3.63) is 89.3 Å². The Labute approximate surface area is 214 Å². The largest absolute Gasteiger partial charge is 0.347 e. The summed E-state index contributed by atoms with van der Waals surface area (Å²) in [5.41, 5.74) is 4.20. The van der Waals surface area contributed by atoms with Gasteiger partial charge in [0.2, 0.25) is 0 Å². The molecular formula is C30H37N3O3. The molecule has 6 heteroatoms. The minimum atomic E-state index is -0.642. The fourth-order valence-electron chi connectivity index (χ4n) is 4.68. The Kier molecular flexibility index (Phi) is 8.07.